The molecule has 0 saturated heterocycles. The molecule has 1 heterocycles. The summed E-state index contributed by atoms with van der Waals surface area (Å²) in [6.45, 7) is -0.217. The molecule has 0 aliphatic heterocycles. The van der Waals surface area contributed by atoms with Crippen molar-refractivity contribution in [2.75, 3.05) is 6.61 Å². The van der Waals surface area contributed by atoms with Crippen LogP contribution in [0.3, 0.4) is 0 Å². The first-order valence-electron chi connectivity index (χ1n) is 3.40. The normalized spacial score (nSPS) is 12.1. The first kappa shape index (κ1) is 8.98. The minimum atomic E-state index is -0.553. The van der Waals surface area contributed by atoms with Crippen molar-refractivity contribution in [1.82, 2.24) is 4.98 Å². The summed E-state index contributed by atoms with van der Waals surface area (Å²) in [5.41, 5.74) is 0.546. The van der Waals surface area contributed by atoms with Gasteiger partial charge in [-0.25, -0.2) is 0 Å². The molecule has 1 N–H and O–H groups in total. The van der Waals surface area contributed by atoms with E-state index in [-0.39, 0.29) is 6.61 Å². The molecule has 0 aliphatic carbocycles. The number of nitrogens with zero attached hydrogens (tertiary/aromatic N) is 2. The van der Waals surface area contributed by atoms with Crippen molar-refractivity contribution >= 4 is 11.6 Å². The van der Waals surface area contributed by atoms with Gasteiger partial charge < -0.3 is 5.11 Å². The fraction of sp³-hybridized carbons (Fsp3) is 0.250. The van der Waals surface area contributed by atoms with E-state index in [0.29, 0.717) is 10.7 Å². The van der Waals surface area contributed by atoms with E-state index in [4.69, 9.17) is 22.0 Å². The highest BCUT2D eigenvalue weighted by Crippen LogP contribution is 2.13. The highest BCUT2D eigenvalue weighted by molar-refractivity contribution is 6.30. The number of aliphatic hydroxyl groups is 1. The lowest BCUT2D eigenvalue weighted by molar-refractivity contribution is 0.284. The van der Waals surface area contributed by atoms with E-state index in [9.17, 15) is 0 Å². The molecule has 3 nitrogen and oxygen atoms in total. The van der Waals surface area contributed by atoms with Crippen LogP contribution < -0.4 is 0 Å². The van der Waals surface area contributed by atoms with Gasteiger partial charge in [-0.3, -0.25) is 4.98 Å². The van der Waals surface area contributed by atoms with E-state index in [1.165, 1.54) is 6.20 Å². The van der Waals surface area contributed by atoms with Crippen molar-refractivity contribution in [1.29, 1.82) is 5.26 Å². The highest BCUT2D eigenvalue weighted by atomic mass is 35.5. The Morgan fingerprint density at radius 2 is 2.42 bits per heavy atom. The monoisotopic (exact) mass is 182 g/mol. The van der Waals surface area contributed by atoms with Gasteiger partial charge in [0.1, 0.15) is 5.92 Å². The molecule has 0 aromatic carbocycles. The Labute approximate surface area is 75.2 Å². The van der Waals surface area contributed by atoms with Crippen LogP contribution >= 0.6 is 11.6 Å². The quantitative estimate of drug-likeness (QED) is 0.751. The van der Waals surface area contributed by atoms with Crippen LogP contribution in [-0.2, 0) is 0 Å². The molecule has 1 aromatic heterocycles. The van der Waals surface area contributed by atoms with Crippen molar-refractivity contribution in [2.24, 2.45) is 0 Å². The SMILES string of the molecule is N#CC(CO)c1ccc(Cl)cn1. The largest absolute Gasteiger partial charge is 0.395 e. The van der Waals surface area contributed by atoms with E-state index in [2.05, 4.69) is 4.98 Å². The van der Waals surface area contributed by atoms with E-state index in [1.54, 1.807) is 12.1 Å². The molecule has 0 aliphatic rings. The van der Waals surface area contributed by atoms with Crippen LogP contribution in [0, 0.1) is 11.3 Å². The third kappa shape index (κ3) is 1.94. The highest BCUT2D eigenvalue weighted by Gasteiger charge is 2.09. The minimum absolute atomic E-state index is 0.217. The zero-order chi connectivity index (χ0) is 8.97. The first-order valence-corrected chi connectivity index (χ1v) is 3.77. The summed E-state index contributed by atoms with van der Waals surface area (Å²) in [5.74, 6) is -0.553. The number of hydrogen-bond acceptors (Lipinski definition) is 3. The van der Waals surface area contributed by atoms with Gasteiger partial charge in [-0.15, -0.1) is 0 Å². The summed E-state index contributed by atoms with van der Waals surface area (Å²) in [4.78, 5) is 3.91. The van der Waals surface area contributed by atoms with Gasteiger partial charge in [0.15, 0.2) is 0 Å². The zero-order valence-electron chi connectivity index (χ0n) is 6.24. The maximum atomic E-state index is 8.75. The molecule has 1 rings (SSSR count). The Morgan fingerprint density at radius 1 is 1.67 bits per heavy atom. The standard InChI is InChI=1S/C8H7ClN2O/c9-7-1-2-8(11-4-7)6(3-10)5-12/h1-2,4,6,12H,5H2. The third-order valence-electron chi connectivity index (χ3n) is 1.45. The van der Waals surface area contributed by atoms with Gasteiger partial charge in [0.25, 0.3) is 0 Å². The second kappa shape index (κ2) is 4.05. The number of hydrogen-bond donors (Lipinski definition) is 1. The molecular formula is C8H7ClN2O. The summed E-state index contributed by atoms with van der Waals surface area (Å²) < 4.78 is 0. The first-order chi connectivity index (χ1) is 5.77. The van der Waals surface area contributed by atoms with Crippen LogP contribution in [0.2, 0.25) is 5.02 Å². The van der Waals surface area contributed by atoms with Gasteiger partial charge in [0.2, 0.25) is 0 Å². The molecule has 1 atom stereocenters. The summed E-state index contributed by atoms with van der Waals surface area (Å²) >= 11 is 5.59. The van der Waals surface area contributed by atoms with Crippen LogP contribution in [0.1, 0.15) is 11.6 Å². The molecule has 1 unspecified atom stereocenters. The van der Waals surface area contributed by atoms with Gasteiger partial charge in [-0.05, 0) is 12.1 Å². The molecule has 0 spiro atoms. The molecule has 62 valence electrons. The molecule has 0 radical (unpaired) electrons. The van der Waals surface area contributed by atoms with Crippen LogP contribution in [0.25, 0.3) is 0 Å². The van der Waals surface area contributed by atoms with Gasteiger partial charge in [0, 0.05) is 6.20 Å². The summed E-state index contributed by atoms with van der Waals surface area (Å²) in [7, 11) is 0. The van der Waals surface area contributed by atoms with Crippen LogP contribution in [0.15, 0.2) is 18.3 Å². The van der Waals surface area contributed by atoms with E-state index < -0.39 is 5.92 Å². The molecule has 12 heavy (non-hydrogen) atoms. The van der Waals surface area contributed by atoms with E-state index >= 15 is 0 Å². The molecule has 0 amide bonds. The third-order valence-corrected chi connectivity index (χ3v) is 1.67. The van der Waals surface area contributed by atoms with Crippen molar-refractivity contribution in [3.63, 3.8) is 0 Å². The van der Waals surface area contributed by atoms with Gasteiger partial charge in [-0.2, -0.15) is 5.26 Å². The fourth-order valence-corrected chi connectivity index (χ4v) is 0.906. The van der Waals surface area contributed by atoms with Crippen LogP contribution in [0.4, 0.5) is 0 Å². The van der Waals surface area contributed by atoms with Crippen molar-refractivity contribution in [2.45, 2.75) is 5.92 Å². The summed E-state index contributed by atoms with van der Waals surface area (Å²) in [6.07, 6.45) is 1.46. The average Bonchev–Trinajstić information content (AvgIpc) is 2.10. The van der Waals surface area contributed by atoms with Gasteiger partial charge >= 0.3 is 0 Å². The molecule has 0 fully saturated rings. The number of nitriles is 1. The Kier molecular flexibility index (Phi) is 3.03. The smallest absolute Gasteiger partial charge is 0.111 e. The molecule has 4 heteroatoms. The summed E-state index contributed by atoms with van der Waals surface area (Å²) in [6, 6.07) is 5.21. The maximum Gasteiger partial charge on any atom is 0.111 e. The van der Waals surface area contributed by atoms with Crippen LogP contribution in [0.5, 0.6) is 0 Å². The second-order valence-corrected chi connectivity index (χ2v) is 2.70. The zero-order valence-corrected chi connectivity index (χ0v) is 6.99. The Hall–Kier alpha value is -1.11. The Balaban J connectivity index is 2.89. The fourth-order valence-electron chi connectivity index (χ4n) is 0.794. The van der Waals surface area contributed by atoms with E-state index in [0.717, 1.165) is 0 Å². The van der Waals surface area contributed by atoms with E-state index in [1.807, 2.05) is 6.07 Å². The van der Waals surface area contributed by atoms with Crippen molar-refractivity contribution in [3.8, 4) is 6.07 Å². The molecule has 0 saturated carbocycles. The average molecular weight is 183 g/mol. The lowest BCUT2D eigenvalue weighted by atomic mass is 10.1. The number of aromatic nitrogens is 1. The van der Waals surface area contributed by atoms with Crippen molar-refractivity contribution < 1.29 is 5.11 Å². The maximum absolute atomic E-state index is 8.75. The summed E-state index contributed by atoms with van der Waals surface area (Å²) in [5, 5.41) is 17.8. The van der Waals surface area contributed by atoms with Gasteiger partial charge in [-0.1, -0.05) is 11.6 Å². The molecule has 0 bridgehead atoms. The Morgan fingerprint density at radius 3 is 2.83 bits per heavy atom. The predicted octanol–water partition coefficient (Wildman–Crippen LogP) is 1.33. The number of pyridine rings is 1. The van der Waals surface area contributed by atoms with Crippen LogP contribution in [-0.4, -0.2) is 16.7 Å². The lowest BCUT2D eigenvalue weighted by Gasteiger charge is -2.02. The minimum Gasteiger partial charge on any atom is -0.395 e. The Bertz CT molecular complexity index is 291. The molecular weight excluding hydrogens is 176 g/mol. The topological polar surface area (TPSA) is 56.9 Å². The number of aliphatic hydroxyl groups excluding tert-OH is 1. The predicted molar refractivity (Wildman–Crippen MR) is 44.7 cm³/mol. The molecule has 1 aromatic rings. The second-order valence-electron chi connectivity index (χ2n) is 2.27. The number of rotatable bonds is 2. The van der Waals surface area contributed by atoms with Gasteiger partial charge in [0.05, 0.1) is 23.4 Å². The van der Waals surface area contributed by atoms with Crippen molar-refractivity contribution in [3.05, 3.63) is 29.0 Å². The number of halogens is 1. The lowest BCUT2D eigenvalue weighted by Crippen LogP contribution is -2.02.